The Bertz CT molecular complexity index is 1090. The predicted molar refractivity (Wildman–Crippen MR) is 131 cm³/mol. The Kier molecular flexibility index (Phi) is 8.50. The summed E-state index contributed by atoms with van der Waals surface area (Å²) in [4.78, 5) is 23.7. The number of hydrogen-bond acceptors (Lipinski definition) is 3. The number of carbonyl (C=O) groups is 2. The van der Waals surface area contributed by atoms with E-state index in [1.165, 1.54) is 0 Å². The molecule has 0 aliphatic heterocycles. The van der Waals surface area contributed by atoms with Crippen molar-refractivity contribution in [3.05, 3.63) is 88.4 Å². The first-order valence-corrected chi connectivity index (χ1v) is 11.3. The maximum atomic E-state index is 12.7. The van der Waals surface area contributed by atoms with Gasteiger partial charge in [-0.25, -0.2) is 4.79 Å². The van der Waals surface area contributed by atoms with Crippen LogP contribution in [-0.4, -0.2) is 30.1 Å². The van der Waals surface area contributed by atoms with Crippen molar-refractivity contribution < 1.29 is 19.4 Å². The summed E-state index contributed by atoms with van der Waals surface area (Å²) in [6.45, 7) is 5.27. The smallest absolute Gasteiger partial charge is 0.335 e. The van der Waals surface area contributed by atoms with Crippen LogP contribution in [0.3, 0.4) is 0 Å². The van der Waals surface area contributed by atoms with E-state index in [-0.39, 0.29) is 11.5 Å². The molecule has 2 N–H and O–H groups in total. The van der Waals surface area contributed by atoms with E-state index >= 15 is 0 Å². The molecular formula is C27H28ClNO4. The summed E-state index contributed by atoms with van der Waals surface area (Å²) >= 11 is 6.10. The van der Waals surface area contributed by atoms with Crippen LogP contribution in [-0.2, 0) is 6.42 Å². The van der Waals surface area contributed by atoms with E-state index in [1.807, 2.05) is 24.3 Å². The standard InChI is InChI=1S/C27H28ClNO4/c1-18(2)14-16-33-25-12-11-23(28)17-24(25)26(30)29-15-13-19-3-5-20(6-4-19)21-7-9-22(10-8-21)27(31)32/h3-12,17-18H,13-16H2,1-2H3,(H,29,30)(H,31,32). The first-order valence-electron chi connectivity index (χ1n) is 11.0. The number of rotatable bonds is 10. The fourth-order valence-electron chi connectivity index (χ4n) is 3.29. The van der Waals surface area contributed by atoms with E-state index in [0.29, 0.717) is 41.8 Å². The van der Waals surface area contributed by atoms with Crippen molar-refractivity contribution in [1.82, 2.24) is 5.32 Å². The van der Waals surface area contributed by atoms with Gasteiger partial charge in [0.1, 0.15) is 5.75 Å². The van der Waals surface area contributed by atoms with Gasteiger partial charge in [0.15, 0.2) is 0 Å². The monoisotopic (exact) mass is 465 g/mol. The van der Waals surface area contributed by atoms with Gasteiger partial charge in [-0.15, -0.1) is 0 Å². The van der Waals surface area contributed by atoms with Crippen molar-refractivity contribution in [3.63, 3.8) is 0 Å². The van der Waals surface area contributed by atoms with Gasteiger partial charge in [-0.1, -0.05) is 61.8 Å². The molecule has 0 heterocycles. The van der Waals surface area contributed by atoms with Gasteiger partial charge < -0.3 is 15.2 Å². The second kappa shape index (κ2) is 11.5. The van der Waals surface area contributed by atoms with Gasteiger partial charge >= 0.3 is 5.97 Å². The van der Waals surface area contributed by atoms with Gasteiger partial charge in [-0.3, -0.25) is 4.79 Å². The van der Waals surface area contributed by atoms with Crippen molar-refractivity contribution in [2.24, 2.45) is 5.92 Å². The fourth-order valence-corrected chi connectivity index (χ4v) is 3.47. The summed E-state index contributed by atoms with van der Waals surface area (Å²) in [5.41, 5.74) is 3.74. The third-order valence-corrected chi connectivity index (χ3v) is 5.49. The summed E-state index contributed by atoms with van der Waals surface area (Å²) in [5, 5.41) is 12.5. The highest BCUT2D eigenvalue weighted by Crippen LogP contribution is 2.24. The second-order valence-corrected chi connectivity index (χ2v) is 8.69. The maximum absolute atomic E-state index is 12.7. The van der Waals surface area contributed by atoms with Gasteiger partial charge in [-0.05, 0) is 65.8 Å². The molecule has 0 aromatic heterocycles. The van der Waals surface area contributed by atoms with Crippen molar-refractivity contribution in [1.29, 1.82) is 0 Å². The summed E-state index contributed by atoms with van der Waals surface area (Å²) < 4.78 is 5.81. The van der Waals surface area contributed by atoms with E-state index in [4.69, 9.17) is 21.4 Å². The van der Waals surface area contributed by atoms with Gasteiger partial charge in [0.25, 0.3) is 5.91 Å². The molecule has 3 rings (SSSR count). The minimum atomic E-state index is -0.939. The van der Waals surface area contributed by atoms with E-state index in [2.05, 4.69) is 19.2 Å². The third-order valence-electron chi connectivity index (χ3n) is 5.26. The zero-order valence-electron chi connectivity index (χ0n) is 18.8. The Hall–Kier alpha value is -3.31. The molecule has 172 valence electrons. The van der Waals surface area contributed by atoms with Crippen LogP contribution in [0.4, 0.5) is 0 Å². The minimum Gasteiger partial charge on any atom is -0.493 e. The number of carboxylic acid groups (broad SMARTS) is 1. The van der Waals surface area contributed by atoms with Crippen LogP contribution in [0.15, 0.2) is 66.7 Å². The minimum absolute atomic E-state index is 0.216. The Morgan fingerprint density at radius 2 is 1.61 bits per heavy atom. The predicted octanol–water partition coefficient (Wildman–Crippen LogP) is 6.10. The Labute approximate surface area is 199 Å². The summed E-state index contributed by atoms with van der Waals surface area (Å²) in [6.07, 6.45) is 1.58. The lowest BCUT2D eigenvalue weighted by Gasteiger charge is -2.13. The lowest BCUT2D eigenvalue weighted by Crippen LogP contribution is -2.26. The quantitative estimate of drug-likeness (QED) is 0.379. The number of ether oxygens (including phenoxy) is 1. The van der Waals surface area contributed by atoms with Gasteiger partial charge in [-0.2, -0.15) is 0 Å². The number of halogens is 1. The Morgan fingerprint density at radius 3 is 2.21 bits per heavy atom. The van der Waals surface area contributed by atoms with Crippen LogP contribution in [0.5, 0.6) is 5.75 Å². The molecule has 0 saturated carbocycles. The van der Waals surface area contributed by atoms with Crippen LogP contribution >= 0.6 is 11.6 Å². The van der Waals surface area contributed by atoms with Crippen LogP contribution in [0.1, 0.15) is 46.5 Å². The topological polar surface area (TPSA) is 75.6 Å². The number of nitrogens with one attached hydrogen (secondary N) is 1. The molecule has 6 heteroatoms. The number of amides is 1. The zero-order chi connectivity index (χ0) is 23.8. The molecule has 0 radical (unpaired) electrons. The summed E-state index contributed by atoms with van der Waals surface area (Å²) in [7, 11) is 0. The van der Waals surface area contributed by atoms with Gasteiger partial charge in [0.2, 0.25) is 0 Å². The first kappa shape index (κ1) is 24.3. The molecule has 0 unspecified atom stereocenters. The lowest BCUT2D eigenvalue weighted by molar-refractivity contribution is 0.0696. The average molecular weight is 466 g/mol. The molecule has 0 aliphatic rings. The van der Waals surface area contributed by atoms with Crippen LogP contribution in [0.25, 0.3) is 11.1 Å². The third kappa shape index (κ3) is 7.09. The van der Waals surface area contributed by atoms with Crippen LogP contribution in [0.2, 0.25) is 5.02 Å². The Balaban J connectivity index is 1.56. The summed E-state index contributed by atoms with van der Waals surface area (Å²) in [5.74, 6) is -0.0981. The van der Waals surface area contributed by atoms with Crippen molar-refractivity contribution in [3.8, 4) is 16.9 Å². The molecule has 5 nitrogen and oxygen atoms in total. The maximum Gasteiger partial charge on any atom is 0.335 e. The number of hydrogen-bond donors (Lipinski definition) is 2. The summed E-state index contributed by atoms with van der Waals surface area (Å²) in [6, 6.07) is 19.9. The highest BCUT2D eigenvalue weighted by molar-refractivity contribution is 6.31. The largest absolute Gasteiger partial charge is 0.493 e. The van der Waals surface area contributed by atoms with Gasteiger partial charge in [0.05, 0.1) is 17.7 Å². The highest BCUT2D eigenvalue weighted by atomic mass is 35.5. The number of benzene rings is 3. The molecule has 3 aromatic rings. The molecule has 0 saturated heterocycles. The lowest BCUT2D eigenvalue weighted by atomic mass is 10.0. The molecular weight excluding hydrogens is 438 g/mol. The molecule has 3 aromatic carbocycles. The van der Waals surface area contributed by atoms with Crippen molar-refractivity contribution in [2.45, 2.75) is 26.7 Å². The van der Waals surface area contributed by atoms with E-state index in [0.717, 1.165) is 23.1 Å². The molecule has 1 amide bonds. The van der Waals surface area contributed by atoms with Gasteiger partial charge in [0, 0.05) is 11.6 Å². The van der Waals surface area contributed by atoms with Crippen LogP contribution in [0, 0.1) is 5.92 Å². The molecule has 0 bridgehead atoms. The number of carboxylic acids is 1. The highest BCUT2D eigenvalue weighted by Gasteiger charge is 2.13. The molecule has 0 spiro atoms. The van der Waals surface area contributed by atoms with Crippen LogP contribution < -0.4 is 10.1 Å². The van der Waals surface area contributed by atoms with Crippen molar-refractivity contribution in [2.75, 3.05) is 13.2 Å². The van der Waals surface area contributed by atoms with E-state index in [1.54, 1.807) is 42.5 Å². The molecule has 33 heavy (non-hydrogen) atoms. The first-order chi connectivity index (χ1) is 15.8. The molecule has 0 fully saturated rings. The molecule has 0 aliphatic carbocycles. The number of carbonyl (C=O) groups excluding carboxylic acids is 1. The van der Waals surface area contributed by atoms with E-state index < -0.39 is 5.97 Å². The normalized spacial score (nSPS) is 10.8. The van der Waals surface area contributed by atoms with Crippen molar-refractivity contribution >= 4 is 23.5 Å². The zero-order valence-corrected chi connectivity index (χ0v) is 19.6. The number of aromatic carboxylic acids is 1. The average Bonchev–Trinajstić information content (AvgIpc) is 2.80. The molecule has 0 atom stereocenters. The SMILES string of the molecule is CC(C)CCOc1ccc(Cl)cc1C(=O)NCCc1ccc(-c2ccc(C(=O)O)cc2)cc1. The second-order valence-electron chi connectivity index (χ2n) is 8.26. The Morgan fingerprint density at radius 1 is 0.970 bits per heavy atom. The fraction of sp³-hybridized carbons (Fsp3) is 0.259. The van der Waals surface area contributed by atoms with E-state index in [9.17, 15) is 9.59 Å².